The first-order valence-electron chi connectivity index (χ1n) is 6.84. The lowest BCUT2D eigenvalue weighted by Gasteiger charge is -2.10. The van der Waals surface area contributed by atoms with Crippen LogP contribution >= 0.6 is 11.8 Å². The quantitative estimate of drug-likeness (QED) is 0.680. The number of carbonyl (C=O) groups excluding carboxylic acids is 2. The van der Waals surface area contributed by atoms with Gasteiger partial charge in [0.15, 0.2) is 0 Å². The lowest BCUT2D eigenvalue weighted by atomic mass is 10.1. The SMILES string of the molecule is COC(=O)[C@H](CSC)NC=O.Cc1cccc2ccccc12. The zero-order chi connectivity index (χ0) is 16.4. The molecule has 1 N–H and O–H groups in total. The van der Waals surface area contributed by atoms with Gasteiger partial charge in [-0.25, -0.2) is 4.79 Å². The summed E-state index contributed by atoms with van der Waals surface area (Å²) in [5, 5.41) is 5.04. The average Bonchev–Trinajstić information content (AvgIpc) is 2.55. The third kappa shape index (κ3) is 5.41. The Balaban J connectivity index is 0.000000220. The monoisotopic (exact) mass is 319 g/mol. The standard InChI is InChI=1S/C11H10.C6H11NO3S/c1-9-5-4-7-10-6-2-3-8-11(9)10;1-10-6(9)5(3-11-2)7-4-8/h2-8H,1H3;4-5H,3H2,1-2H3,(H,7,8)/t;5-/m.0/s1. The summed E-state index contributed by atoms with van der Waals surface area (Å²) in [6.07, 6.45) is 2.35. The number of esters is 1. The van der Waals surface area contributed by atoms with Crippen LogP contribution in [-0.2, 0) is 14.3 Å². The largest absolute Gasteiger partial charge is 0.467 e. The molecule has 0 aromatic heterocycles. The zero-order valence-electron chi connectivity index (χ0n) is 13.0. The molecule has 2 aromatic rings. The summed E-state index contributed by atoms with van der Waals surface area (Å²) in [6, 6.07) is 14.3. The molecule has 0 saturated heterocycles. The van der Waals surface area contributed by atoms with Gasteiger partial charge >= 0.3 is 5.97 Å². The number of rotatable bonds is 5. The van der Waals surface area contributed by atoms with Crippen molar-refractivity contribution in [2.24, 2.45) is 0 Å². The fourth-order valence-corrected chi connectivity index (χ4v) is 2.53. The Morgan fingerprint density at radius 2 is 1.95 bits per heavy atom. The molecule has 0 heterocycles. The summed E-state index contributed by atoms with van der Waals surface area (Å²) >= 11 is 1.47. The van der Waals surface area contributed by atoms with Crippen molar-refractivity contribution in [2.45, 2.75) is 13.0 Å². The van der Waals surface area contributed by atoms with Crippen molar-refractivity contribution in [2.75, 3.05) is 19.1 Å². The molecule has 0 aliphatic heterocycles. The number of amides is 1. The second kappa shape index (κ2) is 9.84. The van der Waals surface area contributed by atoms with Crippen LogP contribution in [0.4, 0.5) is 0 Å². The molecule has 4 nitrogen and oxygen atoms in total. The average molecular weight is 319 g/mol. The van der Waals surface area contributed by atoms with E-state index >= 15 is 0 Å². The van der Waals surface area contributed by atoms with E-state index in [1.807, 2.05) is 6.26 Å². The van der Waals surface area contributed by atoms with Gasteiger partial charge in [0.2, 0.25) is 6.41 Å². The number of benzene rings is 2. The van der Waals surface area contributed by atoms with Gasteiger partial charge < -0.3 is 10.1 Å². The van der Waals surface area contributed by atoms with Crippen LogP contribution in [0.15, 0.2) is 42.5 Å². The highest BCUT2D eigenvalue weighted by atomic mass is 32.2. The van der Waals surface area contributed by atoms with Crippen molar-refractivity contribution in [1.29, 1.82) is 0 Å². The zero-order valence-corrected chi connectivity index (χ0v) is 13.9. The number of nitrogens with one attached hydrogen (secondary N) is 1. The molecule has 0 aliphatic rings. The molecule has 2 rings (SSSR count). The molecule has 0 saturated carbocycles. The van der Waals surface area contributed by atoms with Crippen LogP contribution in [0.3, 0.4) is 0 Å². The van der Waals surface area contributed by atoms with Crippen LogP contribution < -0.4 is 5.32 Å². The first-order chi connectivity index (χ1) is 10.6. The number of carbonyl (C=O) groups is 2. The number of thioether (sulfide) groups is 1. The molecule has 0 unspecified atom stereocenters. The molecule has 0 bridgehead atoms. The minimum absolute atomic E-state index is 0.411. The minimum atomic E-state index is -0.521. The molecule has 0 spiro atoms. The summed E-state index contributed by atoms with van der Waals surface area (Å²) in [4.78, 5) is 20.8. The molecule has 2 aromatic carbocycles. The predicted octanol–water partition coefficient (Wildman–Crippen LogP) is 2.79. The first-order valence-corrected chi connectivity index (χ1v) is 8.24. The van der Waals surface area contributed by atoms with E-state index < -0.39 is 12.0 Å². The van der Waals surface area contributed by atoms with Gasteiger partial charge in [-0.15, -0.1) is 0 Å². The third-order valence-corrected chi connectivity index (χ3v) is 3.76. The van der Waals surface area contributed by atoms with Gasteiger partial charge in [0.1, 0.15) is 6.04 Å². The van der Waals surface area contributed by atoms with Crippen LogP contribution in [0.5, 0.6) is 0 Å². The van der Waals surface area contributed by atoms with Gasteiger partial charge in [-0.2, -0.15) is 11.8 Å². The van der Waals surface area contributed by atoms with E-state index in [0.29, 0.717) is 12.2 Å². The number of aryl methyl sites for hydroxylation is 1. The highest BCUT2D eigenvalue weighted by Gasteiger charge is 2.16. The fourth-order valence-electron chi connectivity index (χ4n) is 1.96. The van der Waals surface area contributed by atoms with E-state index in [9.17, 15) is 9.59 Å². The summed E-state index contributed by atoms with van der Waals surface area (Å²) in [7, 11) is 1.29. The number of ether oxygens (including phenoxy) is 1. The highest BCUT2D eigenvalue weighted by Crippen LogP contribution is 2.16. The van der Waals surface area contributed by atoms with Crippen molar-refractivity contribution in [3.8, 4) is 0 Å². The fraction of sp³-hybridized carbons (Fsp3) is 0.294. The molecular formula is C17H21NO3S. The van der Waals surface area contributed by atoms with Crippen molar-refractivity contribution in [1.82, 2.24) is 5.32 Å². The van der Waals surface area contributed by atoms with Crippen LogP contribution in [0.25, 0.3) is 10.8 Å². The van der Waals surface area contributed by atoms with E-state index in [2.05, 4.69) is 59.4 Å². The lowest BCUT2D eigenvalue weighted by Crippen LogP contribution is -2.38. The Labute approximate surface area is 135 Å². The molecule has 118 valence electrons. The van der Waals surface area contributed by atoms with Crippen LogP contribution in [0.1, 0.15) is 5.56 Å². The smallest absolute Gasteiger partial charge is 0.329 e. The Hall–Kier alpha value is -2.01. The van der Waals surface area contributed by atoms with Crippen LogP contribution in [0, 0.1) is 6.92 Å². The molecule has 5 heteroatoms. The lowest BCUT2D eigenvalue weighted by molar-refractivity contribution is -0.143. The molecule has 0 fully saturated rings. The van der Waals surface area contributed by atoms with Gasteiger partial charge in [0.05, 0.1) is 7.11 Å². The number of fused-ring (bicyclic) bond motifs is 1. The van der Waals surface area contributed by atoms with Gasteiger partial charge in [-0.05, 0) is 29.5 Å². The van der Waals surface area contributed by atoms with Gasteiger partial charge in [-0.1, -0.05) is 42.5 Å². The van der Waals surface area contributed by atoms with Gasteiger partial charge in [-0.3, -0.25) is 4.79 Å². The van der Waals surface area contributed by atoms with E-state index in [-0.39, 0.29) is 0 Å². The number of hydrogen-bond donors (Lipinski definition) is 1. The van der Waals surface area contributed by atoms with Gasteiger partial charge in [0.25, 0.3) is 0 Å². The maximum Gasteiger partial charge on any atom is 0.329 e. The minimum Gasteiger partial charge on any atom is -0.467 e. The molecule has 0 radical (unpaired) electrons. The highest BCUT2D eigenvalue weighted by molar-refractivity contribution is 7.98. The maximum absolute atomic E-state index is 10.8. The molecule has 0 aliphatic carbocycles. The Bertz CT molecular complexity index is 610. The van der Waals surface area contributed by atoms with E-state index in [0.717, 1.165) is 0 Å². The molecule has 22 heavy (non-hydrogen) atoms. The Morgan fingerprint density at radius 1 is 1.27 bits per heavy atom. The second-order valence-electron chi connectivity index (χ2n) is 4.61. The third-order valence-electron chi connectivity index (χ3n) is 3.10. The summed E-state index contributed by atoms with van der Waals surface area (Å²) < 4.78 is 4.44. The van der Waals surface area contributed by atoms with Crippen LogP contribution in [0.2, 0.25) is 0 Å². The van der Waals surface area contributed by atoms with Crippen molar-refractivity contribution in [3.63, 3.8) is 0 Å². The maximum atomic E-state index is 10.8. The predicted molar refractivity (Wildman–Crippen MR) is 92.1 cm³/mol. The number of hydrogen-bond acceptors (Lipinski definition) is 4. The Morgan fingerprint density at radius 3 is 2.55 bits per heavy atom. The summed E-state index contributed by atoms with van der Waals surface area (Å²) in [6.45, 7) is 2.14. The van der Waals surface area contributed by atoms with E-state index in [1.165, 1.54) is 35.2 Å². The van der Waals surface area contributed by atoms with Crippen molar-refractivity contribution < 1.29 is 14.3 Å². The van der Waals surface area contributed by atoms with Crippen molar-refractivity contribution >= 4 is 34.9 Å². The molecule has 1 amide bonds. The van der Waals surface area contributed by atoms with E-state index in [4.69, 9.17) is 0 Å². The van der Waals surface area contributed by atoms with E-state index in [1.54, 1.807) is 0 Å². The Kier molecular flexibility index (Phi) is 8.07. The topological polar surface area (TPSA) is 55.4 Å². The summed E-state index contributed by atoms with van der Waals surface area (Å²) in [5.74, 6) is 0.122. The molecular weight excluding hydrogens is 298 g/mol. The summed E-state index contributed by atoms with van der Waals surface area (Å²) in [5.41, 5.74) is 1.35. The number of methoxy groups -OCH3 is 1. The van der Waals surface area contributed by atoms with Gasteiger partial charge in [0, 0.05) is 5.75 Å². The normalized spacial score (nSPS) is 11.0. The second-order valence-corrected chi connectivity index (χ2v) is 5.52. The van der Waals surface area contributed by atoms with Crippen molar-refractivity contribution in [3.05, 3.63) is 48.0 Å². The first kappa shape index (κ1) is 18.0. The van der Waals surface area contributed by atoms with Crippen LogP contribution in [-0.4, -0.2) is 37.5 Å². The molecule has 1 atom stereocenters.